The van der Waals surface area contributed by atoms with Gasteiger partial charge in [-0.2, -0.15) is 5.10 Å². The lowest BCUT2D eigenvalue weighted by atomic mass is 9.90. The number of nitrogens with zero attached hydrogens (tertiary/aromatic N) is 3. The molecule has 3 heterocycles. The number of carbonyl (C=O) groups excluding carboxylic acids is 1. The minimum absolute atomic E-state index is 0.0209. The Bertz CT molecular complexity index is 956. The van der Waals surface area contributed by atoms with Gasteiger partial charge in [0.15, 0.2) is 0 Å². The second-order valence-corrected chi connectivity index (χ2v) is 7.20. The van der Waals surface area contributed by atoms with Gasteiger partial charge in [0, 0.05) is 30.4 Å². The smallest absolute Gasteiger partial charge is 0.245 e. The molecule has 6 heteroatoms. The number of nitrogens with one attached hydrogen (secondary N) is 2. The van der Waals surface area contributed by atoms with E-state index in [0.29, 0.717) is 5.82 Å². The number of anilines is 1. The number of pyridine rings is 1. The zero-order valence-corrected chi connectivity index (χ0v) is 15.1. The van der Waals surface area contributed by atoms with Crippen molar-refractivity contribution < 1.29 is 4.79 Å². The number of hydrogen-bond acceptors (Lipinski definition) is 4. The molecule has 0 saturated carbocycles. The third kappa shape index (κ3) is 3.20. The molecule has 4 rings (SSSR count). The fraction of sp³-hybridized carbons (Fsp3) is 0.350. The van der Waals surface area contributed by atoms with Crippen LogP contribution in [0.5, 0.6) is 0 Å². The molecule has 0 radical (unpaired) electrons. The maximum Gasteiger partial charge on any atom is 0.245 e. The molecule has 3 aromatic rings. The molecular weight excluding hydrogens is 326 g/mol. The van der Waals surface area contributed by atoms with Crippen molar-refractivity contribution in [2.45, 2.75) is 31.7 Å². The molecule has 1 fully saturated rings. The van der Waals surface area contributed by atoms with Crippen LogP contribution in [0.3, 0.4) is 0 Å². The minimum Gasteiger partial charge on any atom is -0.309 e. The summed E-state index contributed by atoms with van der Waals surface area (Å²) in [5, 5.41) is 12.6. The zero-order valence-electron chi connectivity index (χ0n) is 15.1. The maximum atomic E-state index is 12.7. The molecule has 0 bridgehead atoms. The molecule has 1 saturated heterocycles. The Morgan fingerprint density at radius 1 is 1.19 bits per heavy atom. The van der Waals surface area contributed by atoms with Gasteiger partial charge in [-0.15, -0.1) is 0 Å². The van der Waals surface area contributed by atoms with Gasteiger partial charge >= 0.3 is 0 Å². The Labute approximate surface area is 152 Å². The van der Waals surface area contributed by atoms with Crippen molar-refractivity contribution in [3.05, 3.63) is 42.9 Å². The van der Waals surface area contributed by atoms with Crippen molar-refractivity contribution in [1.82, 2.24) is 20.1 Å². The molecule has 1 amide bonds. The van der Waals surface area contributed by atoms with Crippen LogP contribution in [0, 0.1) is 0 Å². The third-order valence-electron chi connectivity index (χ3n) is 5.12. The molecule has 2 N–H and O–H groups in total. The molecule has 0 aliphatic carbocycles. The number of aromatic nitrogens is 3. The highest BCUT2D eigenvalue weighted by molar-refractivity contribution is 5.99. The molecule has 1 atom stereocenters. The molecule has 0 unspecified atom stereocenters. The van der Waals surface area contributed by atoms with Crippen molar-refractivity contribution in [3.63, 3.8) is 0 Å². The average Bonchev–Trinajstić information content (AvgIpc) is 3.08. The number of aryl methyl sites for hydroxylation is 1. The van der Waals surface area contributed by atoms with Crippen molar-refractivity contribution in [2.24, 2.45) is 7.05 Å². The highest BCUT2D eigenvalue weighted by Crippen LogP contribution is 2.26. The summed E-state index contributed by atoms with van der Waals surface area (Å²) < 4.78 is 1.79. The van der Waals surface area contributed by atoms with E-state index in [2.05, 4.69) is 32.8 Å². The lowest BCUT2D eigenvalue weighted by Crippen LogP contribution is -2.54. The first-order valence-electron chi connectivity index (χ1n) is 8.99. The molecule has 1 aliphatic rings. The van der Waals surface area contributed by atoms with Gasteiger partial charge in [-0.3, -0.25) is 9.48 Å². The van der Waals surface area contributed by atoms with Crippen molar-refractivity contribution >= 4 is 22.5 Å². The number of amides is 1. The summed E-state index contributed by atoms with van der Waals surface area (Å²) >= 11 is 0. The summed E-state index contributed by atoms with van der Waals surface area (Å²) in [7, 11) is 1.90. The Balaban J connectivity index is 1.61. The first-order valence-corrected chi connectivity index (χ1v) is 8.99. The number of rotatable bonds is 3. The van der Waals surface area contributed by atoms with E-state index in [0.717, 1.165) is 47.7 Å². The van der Waals surface area contributed by atoms with Gasteiger partial charge in [0.25, 0.3) is 0 Å². The monoisotopic (exact) mass is 349 g/mol. The first kappa shape index (κ1) is 16.7. The topological polar surface area (TPSA) is 71.8 Å². The predicted octanol–water partition coefficient (Wildman–Crippen LogP) is 3.11. The van der Waals surface area contributed by atoms with Crippen molar-refractivity contribution in [1.29, 1.82) is 0 Å². The average molecular weight is 349 g/mol. The molecule has 134 valence electrons. The summed E-state index contributed by atoms with van der Waals surface area (Å²) in [6.07, 6.45) is 8.66. The molecule has 6 nitrogen and oxygen atoms in total. The van der Waals surface area contributed by atoms with Crippen LogP contribution in [0.25, 0.3) is 21.9 Å². The van der Waals surface area contributed by atoms with E-state index in [4.69, 9.17) is 0 Å². The fourth-order valence-electron chi connectivity index (χ4n) is 3.46. The quantitative estimate of drug-likeness (QED) is 0.762. The van der Waals surface area contributed by atoms with Crippen molar-refractivity contribution in [2.75, 3.05) is 11.9 Å². The maximum absolute atomic E-state index is 12.7. The van der Waals surface area contributed by atoms with E-state index in [-0.39, 0.29) is 5.91 Å². The number of piperidine rings is 1. The summed E-state index contributed by atoms with van der Waals surface area (Å²) in [5.74, 6) is 0.562. The van der Waals surface area contributed by atoms with Crippen LogP contribution in [0.2, 0.25) is 0 Å². The van der Waals surface area contributed by atoms with E-state index in [1.165, 1.54) is 0 Å². The van der Waals surface area contributed by atoms with E-state index < -0.39 is 5.54 Å². The van der Waals surface area contributed by atoms with Gasteiger partial charge in [0.05, 0.1) is 11.7 Å². The van der Waals surface area contributed by atoms with Crippen LogP contribution in [-0.2, 0) is 11.8 Å². The summed E-state index contributed by atoms with van der Waals surface area (Å²) in [5.41, 5.74) is 1.64. The van der Waals surface area contributed by atoms with Crippen LogP contribution in [0.15, 0.2) is 42.9 Å². The van der Waals surface area contributed by atoms with Crippen LogP contribution in [0.4, 0.5) is 5.82 Å². The lowest BCUT2D eigenvalue weighted by molar-refractivity contribution is -0.122. The second-order valence-electron chi connectivity index (χ2n) is 7.20. The minimum atomic E-state index is -0.521. The van der Waals surface area contributed by atoms with Crippen LogP contribution in [0.1, 0.15) is 26.2 Å². The standard InChI is InChI=1S/C20H23N5O/c1-20(7-3-4-8-22-20)19(26)24-18-10-16-9-14(5-6-15(16)11-21-18)17-12-23-25(2)13-17/h5-6,9-13,22H,3-4,7-8H2,1-2H3,(H,21,24,26)/t20-/m0/s1. The highest BCUT2D eigenvalue weighted by Gasteiger charge is 2.34. The SMILES string of the molecule is Cn1cc(-c2ccc3cnc(NC(=O)[C@]4(C)CCCCN4)cc3c2)cn1. The molecule has 26 heavy (non-hydrogen) atoms. The lowest BCUT2D eigenvalue weighted by Gasteiger charge is -2.33. The zero-order chi connectivity index (χ0) is 18.1. The normalized spacial score (nSPS) is 20.2. The summed E-state index contributed by atoms with van der Waals surface area (Å²) in [6, 6.07) is 8.14. The Hall–Kier alpha value is -2.73. The molecule has 1 aromatic carbocycles. The van der Waals surface area contributed by atoms with E-state index in [1.807, 2.05) is 38.5 Å². The van der Waals surface area contributed by atoms with Gasteiger partial charge in [0.2, 0.25) is 5.91 Å². The fourth-order valence-corrected chi connectivity index (χ4v) is 3.46. The van der Waals surface area contributed by atoms with Crippen LogP contribution in [-0.4, -0.2) is 32.8 Å². The Morgan fingerprint density at radius 2 is 2.08 bits per heavy atom. The number of carbonyl (C=O) groups is 1. The van der Waals surface area contributed by atoms with Gasteiger partial charge in [-0.05, 0) is 55.8 Å². The van der Waals surface area contributed by atoms with Crippen LogP contribution >= 0.6 is 0 Å². The molecular formula is C20H23N5O. The van der Waals surface area contributed by atoms with Gasteiger partial charge in [0.1, 0.15) is 5.82 Å². The molecule has 0 spiro atoms. The van der Waals surface area contributed by atoms with E-state index in [1.54, 1.807) is 10.9 Å². The van der Waals surface area contributed by atoms with Crippen molar-refractivity contribution in [3.8, 4) is 11.1 Å². The largest absolute Gasteiger partial charge is 0.309 e. The van der Waals surface area contributed by atoms with Gasteiger partial charge in [-0.25, -0.2) is 4.98 Å². The Kier molecular flexibility index (Phi) is 4.20. The second kappa shape index (κ2) is 6.53. The predicted molar refractivity (Wildman–Crippen MR) is 103 cm³/mol. The summed E-state index contributed by atoms with van der Waals surface area (Å²) in [6.45, 7) is 2.84. The molecule has 1 aliphatic heterocycles. The third-order valence-corrected chi connectivity index (χ3v) is 5.12. The Morgan fingerprint density at radius 3 is 2.81 bits per heavy atom. The van der Waals surface area contributed by atoms with E-state index >= 15 is 0 Å². The van der Waals surface area contributed by atoms with Gasteiger partial charge in [-0.1, -0.05) is 12.1 Å². The van der Waals surface area contributed by atoms with Crippen LogP contribution < -0.4 is 10.6 Å². The first-order chi connectivity index (χ1) is 12.5. The highest BCUT2D eigenvalue weighted by atomic mass is 16.2. The van der Waals surface area contributed by atoms with Gasteiger partial charge < -0.3 is 10.6 Å². The number of fused-ring (bicyclic) bond motifs is 1. The number of benzene rings is 1. The number of hydrogen-bond donors (Lipinski definition) is 2. The van der Waals surface area contributed by atoms with E-state index in [9.17, 15) is 4.79 Å². The summed E-state index contributed by atoms with van der Waals surface area (Å²) in [4.78, 5) is 17.1. The molecule has 2 aromatic heterocycles.